The summed E-state index contributed by atoms with van der Waals surface area (Å²) in [5, 5.41) is 0.0339. The van der Waals surface area contributed by atoms with E-state index in [2.05, 4.69) is 4.72 Å². The molecule has 0 saturated heterocycles. The fourth-order valence-electron chi connectivity index (χ4n) is 1.17. The van der Waals surface area contributed by atoms with E-state index in [1.165, 1.54) is 18.2 Å². The minimum Gasteiger partial charge on any atom is -0.207 e. The maximum absolute atomic E-state index is 12.2. The molecule has 3 nitrogen and oxygen atoms in total. The summed E-state index contributed by atoms with van der Waals surface area (Å²) in [6, 6.07) is 4.27. The van der Waals surface area contributed by atoms with Crippen molar-refractivity contribution < 1.29 is 8.42 Å². The summed E-state index contributed by atoms with van der Waals surface area (Å²) in [6.07, 6.45) is 0. The van der Waals surface area contributed by atoms with Gasteiger partial charge in [0, 0.05) is 15.9 Å². The molecule has 0 aliphatic heterocycles. The first-order valence-electron chi connectivity index (χ1n) is 5.19. The molecule has 0 radical (unpaired) electrons. The van der Waals surface area contributed by atoms with Crippen LogP contribution in [0.15, 0.2) is 23.1 Å². The van der Waals surface area contributed by atoms with E-state index >= 15 is 0 Å². The predicted octanol–water partition coefficient (Wildman–Crippen LogP) is 3.68. The molecule has 1 rings (SSSR count). The van der Waals surface area contributed by atoms with E-state index in [9.17, 15) is 8.42 Å². The van der Waals surface area contributed by atoms with Gasteiger partial charge < -0.3 is 0 Å². The number of rotatable bonds is 4. The molecule has 0 bridgehead atoms. The highest BCUT2D eigenvalue weighted by Crippen LogP contribution is 2.27. The van der Waals surface area contributed by atoms with Gasteiger partial charge >= 0.3 is 0 Å². The summed E-state index contributed by atoms with van der Waals surface area (Å²) in [5.41, 5.74) is -0.800. The van der Waals surface area contributed by atoms with Crippen LogP contribution < -0.4 is 4.72 Å². The van der Waals surface area contributed by atoms with Crippen LogP contribution in [0.1, 0.15) is 20.8 Å². The van der Waals surface area contributed by atoms with E-state index in [0.717, 1.165) is 0 Å². The fraction of sp³-hybridized carbons (Fsp3) is 0.455. The molecule has 1 aromatic rings. The Morgan fingerprint density at radius 3 is 2.33 bits per heavy atom. The molecule has 0 aliphatic carbocycles. The number of hydrogen-bond donors (Lipinski definition) is 1. The van der Waals surface area contributed by atoms with Crippen LogP contribution in [-0.2, 0) is 10.0 Å². The van der Waals surface area contributed by atoms with Crippen LogP contribution in [-0.4, -0.2) is 19.3 Å². The highest BCUT2D eigenvalue weighted by atomic mass is 35.5. The second-order valence-electron chi connectivity index (χ2n) is 4.52. The Labute approximate surface area is 122 Å². The molecule has 7 heteroatoms. The smallest absolute Gasteiger partial charge is 0.207 e. The summed E-state index contributed by atoms with van der Waals surface area (Å²) in [4.78, 5) is -0.0536. The van der Waals surface area contributed by atoms with E-state index in [0.29, 0.717) is 5.02 Å². The van der Waals surface area contributed by atoms with Gasteiger partial charge in [0.1, 0.15) is 4.90 Å². The van der Waals surface area contributed by atoms with Crippen molar-refractivity contribution in [2.45, 2.75) is 36.6 Å². The Hall–Kier alpha value is -0.000000000000000111. The second kappa shape index (κ2) is 5.55. The van der Waals surface area contributed by atoms with Gasteiger partial charge in [-0.1, -0.05) is 23.2 Å². The van der Waals surface area contributed by atoms with Gasteiger partial charge in [0.05, 0.1) is 5.02 Å². The van der Waals surface area contributed by atoms with Gasteiger partial charge in [-0.2, -0.15) is 0 Å². The SMILES string of the molecule is CC(Cl)C(C)(C)NS(=O)(=O)c1cc(Cl)ccc1Cl. The summed E-state index contributed by atoms with van der Waals surface area (Å²) < 4.78 is 26.9. The molecule has 1 aromatic carbocycles. The molecule has 0 spiro atoms. The minimum absolute atomic E-state index is 0.0536. The lowest BCUT2D eigenvalue weighted by Crippen LogP contribution is -2.48. The average Bonchev–Trinajstić information content (AvgIpc) is 2.19. The lowest BCUT2D eigenvalue weighted by molar-refractivity contribution is 0.445. The zero-order valence-electron chi connectivity index (χ0n) is 10.2. The first-order valence-corrected chi connectivity index (χ1v) is 7.87. The van der Waals surface area contributed by atoms with Gasteiger partial charge in [0.25, 0.3) is 0 Å². The van der Waals surface area contributed by atoms with Gasteiger partial charge in [-0.15, -0.1) is 11.6 Å². The quantitative estimate of drug-likeness (QED) is 0.856. The first-order chi connectivity index (χ1) is 8.06. The van der Waals surface area contributed by atoms with Crippen LogP contribution >= 0.6 is 34.8 Å². The van der Waals surface area contributed by atoms with E-state index in [1.807, 2.05) is 0 Å². The van der Waals surface area contributed by atoms with Crippen LogP contribution in [0.2, 0.25) is 10.0 Å². The van der Waals surface area contributed by atoms with Crippen molar-refractivity contribution in [1.29, 1.82) is 0 Å². The van der Waals surface area contributed by atoms with Gasteiger partial charge in [0.2, 0.25) is 10.0 Å². The molecule has 1 atom stereocenters. The Bertz CT molecular complexity index is 541. The van der Waals surface area contributed by atoms with E-state index in [4.69, 9.17) is 34.8 Å². The second-order valence-corrected chi connectivity index (χ2v) is 7.67. The Morgan fingerprint density at radius 2 is 1.83 bits per heavy atom. The molecule has 1 N–H and O–H groups in total. The third-order valence-electron chi connectivity index (χ3n) is 2.57. The summed E-state index contributed by atoms with van der Waals surface area (Å²) in [6.45, 7) is 5.10. The Balaban J connectivity index is 3.19. The molecular formula is C11H14Cl3NO2S. The average molecular weight is 331 g/mol. The third-order valence-corrected chi connectivity index (χ3v) is 5.51. The van der Waals surface area contributed by atoms with Gasteiger partial charge in [-0.3, -0.25) is 0 Å². The highest BCUT2D eigenvalue weighted by molar-refractivity contribution is 7.89. The van der Waals surface area contributed by atoms with E-state index in [1.54, 1.807) is 20.8 Å². The maximum Gasteiger partial charge on any atom is 0.242 e. The standard InChI is InChI=1S/C11H14Cl3NO2S/c1-7(12)11(2,3)15-18(16,17)10-6-8(13)4-5-9(10)14/h4-7,15H,1-3H3. The van der Waals surface area contributed by atoms with E-state index in [-0.39, 0.29) is 15.3 Å². The van der Waals surface area contributed by atoms with Gasteiger partial charge in [0.15, 0.2) is 0 Å². The van der Waals surface area contributed by atoms with Crippen molar-refractivity contribution in [2.24, 2.45) is 0 Å². The molecule has 0 saturated carbocycles. The zero-order valence-corrected chi connectivity index (χ0v) is 13.3. The zero-order chi connectivity index (χ0) is 14.1. The van der Waals surface area contributed by atoms with E-state index < -0.39 is 15.6 Å². The summed E-state index contributed by atoms with van der Waals surface area (Å²) >= 11 is 17.6. The number of sulfonamides is 1. The third kappa shape index (κ3) is 3.75. The van der Waals surface area contributed by atoms with Gasteiger partial charge in [-0.05, 0) is 39.0 Å². The maximum atomic E-state index is 12.2. The summed E-state index contributed by atoms with van der Waals surface area (Å²) in [5.74, 6) is 0. The Morgan fingerprint density at radius 1 is 1.28 bits per heavy atom. The van der Waals surface area contributed by atoms with Crippen molar-refractivity contribution in [3.8, 4) is 0 Å². The fourth-order valence-corrected chi connectivity index (χ4v) is 3.53. The van der Waals surface area contributed by atoms with Crippen molar-refractivity contribution >= 4 is 44.8 Å². The normalized spacial score (nSPS) is 14.6. The van der Waals surface area contributed by atoms with Crippen molar-refractivity contribution in [3.05, 3.63) is 28.2 Å². The van der Waals surface area contributed by atoms with Crippen molar-refractivity contribution in [2.75, 3.05) is 0 Å². The molecule has 0 amide bonds. The largest absolute Gasteiger partial charge is 0.242 e. The first kappa shape index (κ1) is 16.1. The Kier molecular flexibility index (Phi) is 4.95. The molecule has 0 aliphatic rings. The van der Waals surface area contributed by atoms with Crippen LogP contribution in [0, 0.1) is 0 Å². The number of benzene rings is 1. The van der Waals surface area contributed by atoms with Gasteiger partial charge in [-0.25, -0.2) is 13.1 Å². The minimum atomic E-state index is -3.77. The highest BCUT2D eigenvalue weighted by Gasteiger charge is 2.31. The molecule has 1 unspecified atom stereocenters. The molecule has 0 fully saturated rings. The number of alkyl halides is 1. The molecule has 0 aromatic heterocycles. The number of nitrogens with one attached hydrogen (secondary N) is 1. The monoisotopic (exact) mass is 329 g/mol. The molecule has 0 heterocycles. The molecule has 102 valence electrons. The number of hydrogen-bond acceptors (Lipinski definition) is 2. The van der Waals surface area contributed by atoms with Crippen LogP contribution in [0.25, 0.3) is 0 Å². The van der Waals surface area contributed by atoms with Crippen LogP contribution in [0.3, 0.4) is 0 Å². The van der Waals surface area contributed by atoms with Crippen LogP contribution in [0.4, 0.5) is 0 Å². The summed E-state index contributed by atoms with van der Waals surface area (Å²) in [7, 11) is -3.77. The molecular weight excluding hydrogens is 317 g/mol. The van der Waals surface area contributed by atoms with Crippen LogP contribution in [0.5, 0.6) is 0 Å². The topological polar surface area (TPSA) is 46.2 Å². The predicted molar refractivity (Wildman–Crippen MR) is 76.2 cm³/mol. The lowest BCUT2D eigenvalue weighted by Gasteiger charge is -2.28. The van der Waals surface area contributed by atoms with Crippen molar-refractivity contribution in [1.82, 2.24) is 4.72 Å². The molecule has 18 heavy (non-hydrogen) atoms. The van der Waals surface area contributed by atoms with Crippen molar-refractivity contribution in [3.63, 3.8) is 0 Å². The number of halogens is 3. The lowest BCUT2D eigenvalue weighted by atomic mass is 10.0.